The molecule has 2 heterocycles. The molecule has 0 saturated heterocycles. The molecule has 0 spiro atoms. The van der Waals surface area contributed by atoms with Crippen LogP contribution in [0.3, 0.4) is 0 Å². The molecule has 2 aromatic rings. The predicted molar refractivity (Wildman–Crippen MR) is 156 cm³/mol. The number of dihydropyridines is 1. The number of aromatic nitrogens is 1. The molecule has 13 heteroatoms. The number of carbonyl (C=O) groups is 2. The second-order valence-electron chi connectivity index (χ2n) is 10.3. The van der Waals surface area contributed by atoms with Gasteiger partial charge in [0.25, 0.3) is 18.2 Å². The van der Waals surface area contributed by atoms with Gasteiger partial charge in [0.1, 0.15) is 11.5 Å². The molecule has 2 aliphatic rings. The van der Waals surface area contributed by atoms with E-state index in [9.17, 15) is 28.6 Å². The predicted octanol–water partition coefficient (Wildman–Crippen LogP) is 3.38. The Kier molecular flexibility index (Phi) is 9.60. The second-order valence-corrected chi connectivity index (χ2v) is 10.3. The molecule has 1 aliphatic carbocycles. The quantitative estimate of drug-likeness (QED) is 0.118. The van der Waals surface area contributed by atoms with Crippen LogP contribution in [-0.2, 0) is 11.2 Å². The van der Waals surface area contributed by atoms with Crippen LogP contribution in [0, 0.1) is 18.8 Å². The minimum absolute atomic E-state index is 0.0423. The molecule has 11 nitrogen and oxygen atoms in total. The summed E-state index contributed by atoms with van der Waals surface area (Å²) in [6.07, 6.45) is 2.27. The molecular formula is C29H33F2N7O4. The summed E-state index contributed by atoms with van der Waals surface area (Å²) in [6, 6.07) is 5.73. The van der Waals surface area contributed by atoms with Gasteiger partial charge in [-0.2, -0.15) is 5.10 Å². The highest BCUT2D eigenvalue weighted by atomic mass is 19.3. The van der Waals surface area contributed by atoms with E-state index in [4.69, 9.17) is 0 Å². The van der Waals surface area contributed by atoms with Crippen LogP contribution in [-0.4, -0.2) is 70.8 Å². The fourth-order valence-corrected chi connectivity index (χ4v) is 4.71. The van der Waals surface area contributed by atoms with Crippen molar-refractivity contribution in [2.24, 2.45) is 26.9 Å². The number of nitrogens with zero attached hydrogens (tertiary/aromatic N) is 4. The Morgan fingerprint density at radius 3 is 2.64 bits per heavy atom. The van der Waals surface area contributed by atoms with Crippen molar-refractivity contribution in [2.75, 3.05) is 18.4 Å². The number of carbonyl (C=O) groups excluding carboxylic acids is 2. The van der Waals surface area contributed by atoms with Gasteiger partial charge in [-0.05, 0) is 68.5 Å². The monoisotopic (exact) mass is 581 g/mol. The molecule has 1 aromatic heterocycles. The van der Waals surface area contributed by atoms with Crippen LogP contribution in [0.2, 0.25) is 0 Å². The highest BCUT2D eigenvalue weighted by Gasteiger charge is 2.31. The maximum absolute atomic E-state index is 13.8. The van der Waals surface area contributed by atoms with Gasteiger partial charge in [0.15, 0.2) is 5.84 Å². The van der Waals surface area contributed by atoms with E-state index in [2.05, 4.69) is 42.8 Å². The largest absolute Gasteiger partial charge is 0.508 e. The van der Waals surface area contributed by atoms with Gasteiger partial charge >= 0.3 is 0 Å². The second kappa shape index (κ2) is 13.3. The molecule has 222 valence electrons. The van der Waals surface area contributed by atoms with Gasteiger partial charge in [0.05, 0.1) is 29.2 Å². The lowest BCUT2D eigenvalue weighted by Gasteiger charge is -2.24. The first-order chi connectivity index (χ1) is 20.1. The summed E-state index contributed by atoms with van der Waals surface area (Å²) in [5.41, 5.74) is 3.70. The van der Waals surface area contributed by atoms with Crippen LogP contribution in [0.5, 0.6) is 11.5 Å². The summed E-state index contributed by atoms with van der Waals surface area (Å²) < 4.78 is 26.5. The van der Waals surface area contributed by atoms with Crippen LogP contribution >= 0.6 is 0 Å². The van der Waals surface area contributed by atoms with Gasteiger partial charge in [0.2, 0.25) is 0 Å². The number of anilines is 1. The number of nitrogens with one attached hydrogen (secondary N) is 3. The maximum Gasteiger partial charge on any atom is 0.296 e. The summed E-state index contributed by atoms with van der Waals surface area (Å²) in [6.45, 7) is 6.53. The van der Waals surface area contributed by atoms with Crippen molar-refractivity contribution in [2.45, 2.75) is 45.6 Å². The van der Waals surface area contributed by atoms with E-state index < -0.39 is 30.0 Å². The molecule has 1 aromatic carbocycles. The molecule has 2 atom stereocenters. The Labute approximate surface area is 241 Å². The fourth-order valence-electron chi connectivity index (χ4n) is 4.71. The van der Waals surface area contributed by atoms with Crippen molar-refractivity contribution >= 4 is 35.8 Å². The summed E-state index contributed by atoms with van der Waals surface area (Å²) in [7, 11) is 0. The molecule has 0 bridgehead atoms. The Hall–Kier alpha value is -4.68. The number of phenolic OH excluding ortho intramolecular Hbond substituents is 1. The highest BCUT2D eigenvalue weighted by Crippen LogP contribution is 2.34. The Balaban J connectivity index is 1.64. The SMILES string of the molecule is C=NNC(=NCC1=NCC(Cc2ncccc2O)C(C(=O)Nc2c(C)cc(O)cc2C(=O)NC(C)C2CC2)=C1)C(F)F. The number of hydrazone groups is 1. The number of amidine groups is 1. The van der Waals surface area contributed by atoms with E-state index in [1.165, 1.54) is 30.5 Å². The zero-order valence-corrected chi connectivity index (χ0v) is 23.3. The Morgan fingerprint density at radius 2 is 1.98 bits per heavy atom. The van der Waals surface area contributed by atoms with Crippen molar-refractivity contribution in [1.82, 2.24) is 15.7 Å². The van der Waals surface area contributed by atoms with E-state index in [0.717, 1.165) is 12.8 Å². The number of pyridine rings is 1. The van der Waals surface area contributed by atoms with Crippen LogP contribution in [0.1, 0.15) is 41.4 Å². The van der Waals surface area contributed by atoms with E-state index in [1.54, 1.807) is 13.0 Å². The standard InChI is InChI=1S/C29H33F2N7O4/c1-15-9-20(39)12-22(29(42)36-16(2)17-6-7-17)25(15)37-28(41)21-11-19(14-35-27(26(30)31)38-32-3)34-13-18(21)10-23-24(40)5-4-8-33-23/h4-5,8-9,11-12,16-18,26,39-40H,3,6-7,10,13-14H2,1-2H3,(H,35,38)(H,36,42)(H,37,41). The first-order valence-electron chi connectivity index (χ1n) is 13.4. The normalized spacial score (nSPS) is 17.6. The first-order valence-corrected chi connectivity index (χ1v) is 13.4. The zero-order valence-electron chi connectivity index (χ0n) is 23.3. The number of aryl methyl sites for hydroxylation is 1. The minimum Gasteiger partial charge on any atom is -0.508 e. The first kappa shape index (κ1) is 30.3. The molecule has 0 radical (unpaired) electrons. The third-order valence-electron chi connectivity index (χ3n) is 7.15. The van der Waals surface area contributed by atoms with Gasteiger partial charge < -0.3 is 20.8 Å². The molecular weight excluding hydrogens is 548 g/mol. The Morgan fingerprint density at radius 1 is 1.21 bits per heavy atom. The van der Waals surface area contributed by atoms with Crippen molar-refractivity contribution in [3.63, 3.8) is 0 Å². The number of benzene rings is 1. The van der Waals surface area contributed by atoms with E-state index >= 15 is 0 Å². The molecule has 2 amide bonds. The molecule has 1 aliphatic heterocycles. The van der Waals surface area contributed by atoms with Gasteiger partial charge in [-0.1, -0.05) is 0 Å². The third-order valence-corrected chi connectivity index (χ3v) is 7.15. The Bertz CT molecular complexity index is 1450. The number of rotatable bonds is 11. The van der Waals surface area contributed by atoms with Gasteiger partial charge in [-0.15, -0.1) is 0 Å². The number of hydrogen-bond donors (Lipinski definition) is 5. The van der Waals surface area contributed by atoms with Crippen molar-refractivity contribution in [3.8, 4) is 11.5 Å². The minimum atomic E-state index is -2.92. The van der Waals surface area contributed by atoms with E-state index in [-0.39, 0.29) is 59.6 Å². The lowest BCUT2D eigenvalue weighted by molar-refractivity contribution is -0.113. The molecule has 1 saturated carbocycles. The molecule has 4 rings (SSSR count). The van der Waals surface area contributed by atoms with Gasteiger partial charge in [0, 0.05) is 43.4 Å². The topological polar surface area (TPSA) is 161 Å². The van der Waals surface area contributed by atoms with Gasteiger partial charge in [-0.3, -0.25) is 30.0 Å². The lowest BCUT2D eigenvalue weighted by Crippen LogP contribution is -2.35. The number of amides is 2. The van der Waals surface area contributed by atoms with E-state index in [0.29, 0.717) is 17.2 Å². The lowest BCUT2D eigenvalue weighted by atomic mass is 9.89. The van der Waals surface area contributed by atoms with Gasteiger partial charge in [-0.25, -0.2) is 8.78 Å². The third kappa shape index (κ3) is 7.53. The molecule has 2 unspecified atom stereocenters. The van der Waals surface area contributed by atoms with E-state index in [1.807, 2.05) is 6.92 Å². The maximum atomic E-state index is 13.8. The van der Waals surface area contributed by atoms with Crippen molar-refractivity contribution in [3.05, 3.63) is 58.9 Å². The molecule has 42 heavy (non-hydrogen) atoms. The number of alkyl halides is 2. The summed E-state index contributed by atoms with van der Waals surface area (Å²) in [4.78, 5) is 39.4. The van der Waals surface area contributed by atoms with Crippen LogP contribution < -0.4 is 16.1 Å². The summed E-state index contributed by atoms with van der Waals surface area (Å²) in [5.74, 6) is -2.00. The molecule has 1 fully saturated rings. The number of phenols is 1. The number of aliphatic imine (C=N–C) groups is 2. The fraction of sp³-hybridized carbons (Fsp3) is 0.379. The molecule has 5 N–H and O–H groups in total. The number of hydrogen-bond acceptors (Lipinski definition) is 8. The zero-order chi connectivity index (χ0) is 30.4. The highest BCUT2D eigenvalue weighted by molar-refractivity contribution is 6.13. The average Bonchev–Trinajstić information content (AvgIpc) is 3.80. The van der Waals surface area contributed by atoms with Crippen LogP contribution in [0.25, 0.3) is 0 Å². The number of aromatic hydroxyl groups is 2. The number of halogens is 2. The smallest absolute Gasteiger partial charge is 0.296 e. The summed E-state index contributed by atoms with van der Waals surface area (Å²) >= 11 is 0. The van der Waals surface area contributed by atoms with Crippen molar-refractivity contribution in [1.29, 1.82) is 0 Å². The summed E-state index contributed by atoms with van der Waals surface area (Å²) in [5, 5.41) is 29.5. The van der Waals surface area contributed by atoms with Crippen LogP contribution in [0.4, 0.5) is 14.5 Å². The average molecular weight is 582 g/mol. The van der Waals surface area contributed by atoms with Crippen molar-refractivity contribution < 1.29 is 28.6 Å². The van der Waals surface area contributed by atoms with Crippen LogP contribution in [0.15, 0.2) is 57.2 Å².